The molecule has 0 aliphatic heterocycles. The van der Waals surface area contributed by atoms with Crippen molar-refractivity contribution < 1.29 is 9.53 Å². The molecule has 2 aliphatic rings. The fraction of sp³-hybridized carbons (Fsp3) is 0.682. The normalized spacial score (nSPS) is 26.2. The Morgan fingerprint density at radius 2 is 1.84 bits per heavy atom. The molecular formula is C22H33NO2. The Bertz CT molecular complexity index is 596. The second-order valence-corrected chi connectivity index (χ2v) is 8.36. The summed E-state index contributed by atoms with van der Waals surface area (Å²) in [5.41, 5.74) is 8.29. The number of methoxy groups -OCH3 is 1. The molecule has 1 aromatic rings. The van der Waals surface area contributed by atoms with E-state index < -0.39 is 0 Å². The van der Waals surface area contributed by atoms with Gasteiger partial charge in [-0.3, -0.25) is 4.79 Å². The molecule has 2 N–H and O–H groups in total. The van der Waals surface area contributed by atoms with Crippen molar-refractivity contribution in [1.82, 2.24) is 0 Å². The molecule has 3 heteroatoms. The van der Waals surface area contributed by atoms with E-state index in [-0.39, 0.29) is 11.3 Å². The molecule has 1 amide bonds. The quantitative estimate of drug-likeness (QED) is 0.808. The molecule has 0 spiro atoms. The SMILES string of the molecule is COc1ccc([C@H]2CC[C@H](CC3(C(N)=O)CCCCC3)CC2)cc1C. The molecular weight excluding hydrogens is 310 g/mol. The molecule has 0 unspecified atom stereocenters. The smallest absolute Gasteiger partial charge is 0.223 e. The van der Waals surface area contributed by atoms with E-state index in [1.54, 1.807) is 7.11 Å². The van der Waals surface area contributed by atoms with Gasteiger partial charge < -0.3 is 10.5 Å². The van der Waals surface area contributed by atoms with Gasteiger partial charge in [-0.2, -0.15) is 0 Å². The van der Waals surface area contributed by atoms with Gasteiger partial charge in [-0.25, -0.2) is 0 Å². The van der Waals surface area contributed by atoms with Crippen LogP contribution in [0.5, 0.6) is 5.75 Å². The van der Waals surface area contributed by atoms with Crippen LogP contribution < -0.4 is 10.5 Å². The highest BCUT2D eigenvalue weighted by Crippen LogP contribution is 2.46. The van der Waals surface area contributed by atoms with Crippen molar-refractivity contribution in [3.05, 3.63) is 29.3 Å². The fourth-order valence-corrected chi connectivity index (χ4v) is 5.19. The van der Waals surface area contributed by atoms with Crippen LogP contribution >= 0.6 is 0 Å². The summed E-state index contributed by atoms with van der Waals surface area (Å²) in [6, 6.07) is 6.61. The summed E-state index contributed by atoms with van der Waals surface area (Å²) >= 11 is 0. The van der Waals surface area contributed by atoms with Crippen molar-refractivity contribution in [2.75, 3.05) is 7.11 Å². The van der Waals surface area contributed by atoms with E-state index in [4.69, 9.17) is 10.5 Å². The number of nitrogens with two attached hydrogens (primary N) is 1. The number of primary amides is 1. The topological polar surface area (TPSA) is 52.3 Å². The fourth-order valence-electron chi connectivity index (χ4n) is 5.19. The molecule has 25 heavy (non-hydrogen) atoms. The van der Waals surface area contributed by atoms with Crippen molar-refractivity contribution in [3.8, 4) is 5.75 Å². The van der Waals surface area contributed by atoms with Crippen LogP contribution in [0.4, 0.5) is 0 Å². The Hall–Kier alpha value is -1.51. The molecule has 2 saturated carbocycles. The zero-order valence-electron chi connectivity index (χ0n) is 15.9. The number of benzene rings is 1. The highest BCUT2D eigenvalue weighted by molar-refractivity contribution is 5.80. The molecule has 0 heterocycles. The number of amides is 1. The first kappa shape index (κ1) is 18.3. The lowest BCUT2D eigenvalue weighted by molar-refractivity contribution is -0.131. The van der Waals surface area contributed by atoms with Crippen LogP contribution in [0.2, 0.25) is 0 Å². The summed E-state index contributed by atoms with van der Waals surface area (Å²) in [5.74, 6) is 2.25. The number of aryl methyl sites for hydroxylation is 1. The molecule has 0 radical (unpaired) electrons. The summed E-state index contributed by atoms with van der Waals surface area (Å²) in [6.07, 6.45) is 11.6. The zero-order chi connectivity index (χ0) is 17.9. The van der Waals surface area contributed by atoms with E-state index in [0.717, 1.165) is 25.0 Å². The first-order valence-corrected chi connectivity index (χ1v) is 9.98. The molecule has 138 valence electrons. The molecule has 2 aliphatic carbocycles. The average molecular weight is 344 g/mol. The van der Waals surface area contributed by atoms with E-state index in [1.807, 2.05) is 0 Å². The minimum Gasteiger partial charge on any atom is -0.496 e. The maximum Gasteiger partial charge on any atom is 0.223 e. The van der Waals surface area contributed by atoms with Crippen LogP contribution in [-0.2, 0) is 4.79 Å². The molecule has 2 fully saturated rings. The van der Waals surface area contributed by atoms with Crippen molar-refractivity contribution >= 4 is 5.91 Å². The van der Waals surface area contributed by atoms with Gasteiger partial charge in [0.15, 0.2) is 0 Å². The molecule has 3 rings (SSSR count). The van der Waals surface area contributed by atoms with Crippen LogP contribution in [-0.4, -0.2) is 13.0 Å². The van der Waals surface area contributed by atoms with Crippen LogP contribution in [0.25, 0.3) is 0 Å². The van der Waals surface area contributed by atoms with Crippen molar-refractivity contribution in [2.45, 2.75) is 77.0 Å². The van der Waals surface area contributed by atoms with Crippen LogP contribution in [0, 0.1) is 18.3 Å². The summed E-state index contributed by atoms with van der Waals surface area (Å²) in [5, 5.41) is 0. The van der Waals surface area contributed by atoms with Gasteiger partial charge in [0.2, 0.25) is 5.91 Å². The van der Waals surface area contributed by atoms with Crippen LogP contribution in [0.1, 0.15) is 81.3 Å². The van der Waals surface area contributed by atoms with Crippen LogP contribution in [0.15, 0.2) is 18.2 Å². The van der Waals surface area contributed by atoms with Crippen molar-refractivity contribution in [2.24, 2.45) is 17.1 Å². The molecule has 0 saturated heterocycles. The lowest BCUT2D eigenvalue weighted by atomic mass is 9.65. The minimum atomic E-state index is -0.202. The number of hydrogen-bond acceptors (Lipinski definition) is 2. The third-order valence-corrected chi connectivity index (χ3v) is 6.75. The van der Waals surface area contributed by atoms with Crippen molar-refractivity contribution in [3.63, 3.8) is 0 Å². The Kier molecular flexibility index (Phi) is 5.71. The summed E-state index contributed by atoms with van der Waals surface area (Å²) in [7, 11) is 1.73. The minimum absolute atomic E-state index is 0.0416. The van der Waals surface area contributed by atoms with E-state index in [0.29, 0.717) is 11.8 Å². The Morgan fingerprint density at radius 3 is 2.40 bits per heavy atom. The monoisotopic (exact) mass is 343 g/mol. The Balaban J connectivity index is 1.60. The first-order chi connectivity index (χ1) is 12.0. The summed E-state index contributed by atoms with van der Waals surface area (Å²) in [6.45, 7) is 2.12. The van der Waals surface area contributed by atoms with Crippen molar-refractivity contribution in [1.29, 1.82) is 0 Å². The highest BCUT2D eigenvalue weighted by atomic mass is 16.5. The summed E-state index contributed by atoms with van der Waals surface area (Å²) < 4.78 is 5.38. The van der Waals surface area contributed by atoms with E-state index in [2.05, 4.69) is 25.1 Å². The molecule has 3 nitrogen and oxygen atoms in total. The maximum atomic E-state index is 12.1. The Morgan fingerprint density at radius 1 is 1.16 bits per heavy atom. The summed E-state index contributed by atoms with van der Waals surface area (Å²) in [4.78, 5) is 12.1. The van der Waals surface area contributed by atoms with Gasteiger partial charge in [0.1, 0.15) is 5.75 Å². The number of ether oxygens (including phenoxy) is 1. The van der Waals surface area contributed by atoms with Gasteiger partial charge in [-0.05, 0) is 80.9 Å². The van der Waals surface area contributed by atoms with Gasteiger partial charge in [0.25, 0.3) is 0 Å². The lowest BCUT2D eigenvalue weighted by Crippen LogP contribution is -2.40. The lowest BCUT2D eigenvalue weighted by Gasteiger charge is -2.39. The average Bonchev–Trinajstić information content (AvgIpc) is 2.63. The number of carbonyl (C=O) groups is 1. The zero-order valence-corrected chi connectivity index (χ0v) is 15.9. The second-order valence-electron chi connectivity index (χ2n) is 8.36. The third-order valence-electron chi connectivity index (χ3n) is 6.75. The second kappa shape index (κ2) is 7.80. The van der Waals surface area contributed by atoms with E-state index in [1.165, 1.54) is 56.1 Å². The van der Waals surface area contributed by atoms with E-state index >= 15 is 0 Å². The van der Waals surface area contributed by atoms with Gasteiger partial charge >= 0.3 is 0 Å². The molecule has 0 aromatic heterocycles. The molecule has 0 atom stereocenters. The number of hydrogen-bond donors (Lipinski definition) is 1. The van der Waals surface area contributed by atoms with Gasteiger partial charge in [-0.1, -0.05) is 31.4 Å². The highest BCUT2D eigenvalue weighted by Gasteiger charge is 2.40. The van der Waals surface area contributed by atoms with Gasteiger partial charge in [-0.15, -0.1) is 0 Å². The number of rotatable bonds is 5. The maximum absolute atomic E-state index is 12.1. The van der Waals surface area contributed by atoms with Gasteiger partial charge in [0, 0.05) is 5.41 Å². The predicted octanol–water partition coefficient (Wildman–Crippen LogP) is 5.10. The Labute approximate surface area is 152 Å². The molecule has 1 aromatic carbocycles. The molecule has 0 bridgehead atoms. The third kappa shape index (κ3) is 4.02. The predicted molar refractivity (Wildman–Crippen MR) is 102 cm³/mol. The van der Waals surface area contributed by atoms with E-state index in [9.17, 15) is 4.79 Å². The first-order valence-electron chi connectivity index (χ1n) is 9.98. The standard InChI is InChI=1S/C22H33NO2/c1-16-14-19(10-11-20(16)25-2)18-8-6-17(7-9-18)15-22(21(23)24)12-4-3-5-13-22/h10-11,14,17-18H,3-9,12-13,15H2,1-2H3,(H2,23,24)/t17-,18-. The van der Waals surface area contributed by atoms with Gasteiger partial charge in [0.05, 0.1) is 7.11 Å². The largest absolute Gasteiger partial charge is 0.496 e. The van der Waals surface area contributed by atoms with Crippen LogP contribution in [0.3, 0.4) is 0 Å². The number of carbonyl (C=O) groups excluding carboxylic acids is 1.